The van der Waals surface area contributed by atoms with Gasteiger partial charge in [-0.05, 0) is 5.56 Å². The van der Waals surface area contributed by atoms with Gasteiger partial charge in [0.05, 0.1) is 9.91 Å². The monoisotopic (exact) mass is 350 g/mol. The number of hydrogen-bond donors (Lipinski definition) is 1. The first-order chi connectivity index (χ1) is 9.16. The molecule has 0 saturated heterocycles. The Morgan fingerprint density at radius 3 is 2.65 bits per heavy atom. The summed E-state index contributed by atoms with van der Waals surface area (Å²) in [6.07, 6.45) is 3.68. The second kappa shape index (κ2) is 6.75. The average Bonchev–Trinajstić information content (AvgIpc) is 3.04. The van der Waals surface area contributed by atoms with Crippen LogP contribution < -0.4 is 63.1 Å². The molecule has 1 N–H and O–H groups in total. The van der Waals surface area contributed by atoms with Crippen molar-refractivity contribution in [2.24, 2.45) is 0 Å². The largest absolute Gasteiger partial charge is 1.00 e. The molecule has 0 saturated carbocycles. The van der Waals surface area contributed by atoms with Crippen molar-refractivity contribution in [2.75, 3.05) is 0 Å². The van der Waals surface area contributed by atoms with Crippen LogP contribution in [0, 0.1) is 19.9 Å². The van der Waals surface area contributed by atoms with E-state index in [9.17, 15) is 0 Å². The number of rotatable bonds is 2. The third kappa shape index (κ3) is 3.04. The summed E-state index contributed by atoms with van der Waals surface area (Å²) in [5, 5.41) is 15.5. The maximum atomic E-state index is 5.63. The summed E-state index contributed by atoms with van der Waals surface area (Å²) in [5.74, 6) is 0. The second-order valence-corrected chi connectivity index (χ2v) is 5.27. The normalized spacial score (nSPS) is 10.3. The molecule has 0 bridgehead atoms. The molecule has 0 amide bonds. The van der Waals surface area contributed by atoms with Crippen LogP contribution in [-0.4, -0.2) is 28.2 Å². The van der Waals surface area contributed by atoms with Gasteiger partial charge in [0.15, 0.2) is 7.85 Å². The zero-order chi connectivity index (χ0) is 13.4. The van der Waals surface area contributed by atoms with Crippen molar-refractivity contribution < 1.29 is 58.2 Å². The fourth-order valence-electron chi connectivity index (χ4n) is 2.01. The Labute approximate surface area is 171 Å². The van der Waals surface area contributed by atoms with Gasteiger partial charge in [-0.15, -0.1) is 28.8 Å². The molecule has 0 atom stereocenters. The van der Waals surface area contributed by atoms with Gasteiger partial charge < -0.3 is 0 Å². The zero-order valence-electron chi connectivity index (χ0n) is 11.6. The number of H-pyrrole nitrogens is 1. The molecule has 2 heterocycles. The molecular weight excluding hydrogens is 341 g/mol. The summed E-state index contributed by atoms with van der Waals surface area (Å²) in [6, 6.07) is 5.23. The molecule has 0 aliphatic heterocycles. The summed E-state index contributed by atoms with van der Waals surface area (Å²) in [7, 11) is 5.63. The minimum Gasteiger partial charge on any atom is -0.286 e. The number of benzene rings is 1. The van der Waals surface area contributed by atoms with Crippen LogP contribution in [-0.2, 0) is 0 Å². The van der Waals surface area contributed by atoms with E-state index < -0.39 is 0 Å². The SMILES string of the molecule is [B]c1nnc(-c2[c-]cc(-c3cn[nH]c3)c(C)c2C)s1.[Rb+]. The van der Waals surface area contributed by atoms with Gasteiger partial charge in [-0.3, -0.25) is 5.10 Å². The van der Waals surface area contributed by atoms with Crippen molar-refractivity contribution in [3.63, 3.8) is 0 Å². The molecule has 0 unspecified atom stereocenters. The van der Waals surface area contributed by atoms with Gasteiger partial charge in [0.25, 0.3) is 0 Å². The first-order valence-electron chi connectivity index (χ1n) is 5.77. The van der Waals surface area contributed by atoms with E-state index in [1.165, 1.54) is 16.9 Å². The minimum absolute atomic E-state index is 0. The van der Waals surface area contributed by atoms with Crippen LogP contribution in [0.3, 0.4) is 0 Å². The number of nitrogens with zero attached hydrogens (tertiary/aromatic N) is 3. The Hall–Kier alpha value is -0.140. The third-order valence-electron chi connectivity index (χ3n) is 3.17. The van der Waals surface area contributed by atoms with Crippen LogP contribution in [0.15, 0.2) is 18.5 Å². The van der Waals surface area contributed by atoms with Gasteiger partial charge in [-0.1, -0.05) is 19.4 Å². The molecule has 3 aromatic rings. The van der Waals surface area contributed by atoms with E-state index in [2.05, 4.69) is 40.3 Å². The van der Waals surface area contributed by atoms with E-state index in [0.717, 1.165) is 27.3 Å². The molecule has 92 valence electrons. The predicted molar refractivity (Wildman–Crippen MR) is 76.6 cm³/mol. The van der Waals surface area contributed by atoms with E-state index in [0.29, 0.717) is 4.91 Å². The predicted octanol–water partition coefficient (Wildman–Crippen LogP) is -1.19. The van der Waals surface area contributed by atoms with Crippen LogP contribution in [0.2, 0.25) is 0 Å². The molecule has 0 aliphatic rings. The number of aromatic amines is 1. The first-order valence-corrected chi connectivity index (χ1v) is 6.59. The molecular formula is C13H10BN4RbS. The van der Waals surface area contributed by atoms with Gasteiger partial charge in [-0.25, -0.2) is 0 Å². The maximum Gasteiger partial charge on any atom is 1.00 e. The van der Waals surface area contributed by atoms with E-state index in [4.69, 9.17) is 7.85 Å². The molecule has 3 rings (SSSR count). The van der Waals surface area contributed by atoms with Gasteiger partial charge in [-0.2, -0.15) is 26.6 Å². The Kier molecular flexibility index (Phi) is 5.48. The average molecular weight is 351 g/mol. The third-order valence-corrected chi connectivity index (χ3v) is 3.94. The van der Waals surface area contributed by atoms with E-state index in [1.807, 2.05) is 12.3 Å². The second-order valence-electron chi connectivity index (χ2n) is 4.26. The van der Waals surface area contributed by atoms with Crippen LogP contribution in [0.1, 0.15) is 11.1 Å². The molecule has 0 aliphatic carbocycles. The molecule has 0 spiro atoms. The van der Waals surface area contributed by atoms with Crippen LogP contribution >= 0.6 is 11.3 Å². The van der Waals surface area contributed by atoms with Gasteiger partial charge in [0.1, 0.15) is 0 Å². The van der Waals surface area contributed by atoms with Crippen molar-refractivity contribution >= 4 is 24.1 Å². The zero-order valence-corrected chi connectivity index (χ0v) is 17.3. The summed E-state index contributed by atoms with van der Waals surface area (Å²) in [5.41, 5.74) is 5.45. The summed E-state index contributed by atoms with van der Waals surface area (Å²) in [6.45, 7) is 4.14. The molecule has 1 aromatic carbocycles. The number of aromatic nitrogens is 4. The van der Waals surface area contributed by atoms with Gasteiger partial charge >= 0.3 is 58.2 Å². The molecule has 0 fully saturated rings. The number of nitrogens with one attached hydrogen (secondary N) is 1. The van der Waals surface area contributed by atoms with Crippen molar-refractivity contribution in [1.82, 2.24) is 20.4 Å². The molecule has 2 radical (unpaired) electrons. The van der Waals surface area contributed by atoms with E-state index in [-0.39, 0.29) is 58.2 Å². The van der Waals surface area contributed by atoms with Crippen molar-refractivity contribution in [1.29, 1.82) is 0 Å². The molecule has 7 heteroatoms. The number of hydrogen-bond acceptors (Lipinski definition) is 4. The van der Waals surface area contributed by atoms with Crippen molar-refractivity contribution in [3.8, 4) is 21.7 Å². The topological polar surface area (TPSA) is 54.5 Å². The summed E-state index contributed by atoms with van der Waals surface area (Å²) in [4.78, 5) is 0.472. The smallest absolute Gasteiger partial charge is 0.286 e. The Bertz CT molecular complexity index is 724. The van der Waals surface area contributed by atoms with E-state index in [1.54, 1.807) is 6.20 Å². The fourth-order valence-corrected chi connectivity index (χ4v) is 2.68. The van der Waals surface area contributed by atoms with Crippen LogP contribution in [0.25, 0.3) is 21.7 Å². The fraction of sp³-hybridized carbons (Fsp3) is 0.154. The first kappa shape index (κ1) is 16.2. The standard InChI is InChI=1S/C13H10BN4S.Rb/c1-7-8(2)11(12-17-18-13(14)19-12)4-3-10(7)9-5-15-16-6-9;/h3,5-6H,1-2H3,(H,15,16);/q-1;+1. The van der Waals surface area contributed by atoms with Crippen molar-refractivity contribution in [2.45, 2.75) is 13.8 Å². The Balaban J connectivity index is 0.00000147. The summed E-state index contributed by atoms with van der Waals surface area (Å²) < 4.78 is 0. The van der Waals surface area contributed by atoms with Crippen LogP contribution in [0.5, 0.6) is 0 Å². The van der Waals surface area contributed by atoms with Crippen LogP contribution in [0.4, 0.5) is 0 Å². The minimum atomic E-state index is 0. The molecule has 20 heavy (non-hydrogen) atoms. The van der Waals surface area contributed by atoms with Crippen molar-refractivity contribution in [3.05, 3.63) is 35.7 Å². The molecule has 2 aromatic heterocycles. The van der Waals surface area contributed by atoms with E-state index >= 15 is 0 Å². The molecule has 4 nitrogen and oxygen atoms in total. The van der Waals surface area contributed by atoms with Gasteiger partial charge in [0, 0.05) is 12.4 Å². The maximum absolute atomic E-state index is 5.63. The summed E-state index contributed by atoms with van der Waals surface area (Å²) >= 11 is 1.37. The van der Waals surface area contributed by atoms with Gasteiger partial charge in [0.2, 0.25) is 0 Å². The Morgan fingerprint density at radius 1 is 1.25 bits per heavy atom. The Morgan fingerprint density at radius 2 is 2.05 bits per heavy atom. The quantitative estimate of drug-likeness (QED) is 0.467.